The van der Waals surface area contributed by atoms with Gasteiger partial charge in [-0.3, -0.25) is 0 Å². The van der Waals surface area contributed by atoms with Crippen LogP contribution in [-0.4, -0.2) is 34.6 Å². The monoisotopic (exact) mass is 428 g/mol. The third kappa shape index (κ3) is 3.14. The van der Waals surface area contributed by atoms with Gasteiger partial charge in [0, 0.05) is 0 Å². The van der Waals surface area contributed by atoms with E-state index >= 15 is 0 Å². The van der Waals surface area contributed by atoms with Crippen LogP contribution in [0.15, 0.2) is 0 Å². The second-order valence-electron chi connectivity index (χ2n) is 3.72. The summed E-state index contributed by atoms with van der Waals surface area (Å²) in [6.07, 6.45) is -0.117. The lowest BCUT2D eigenvalue weighted by Gasteiger charge is -2.37. The van der Waals surface area contributed by atoms with Crippen molar-refractivity contribution in [1.29, 1.82) is 0 Å². The fraction of sp³-hybridized carbons (Fsp3) is 1.00. The molecule has 0 heterocycles. The minimum Gasteiger partial charge on any atom is -0.393 e. The van der Waals surface area contributed by atoms with Gasteiger partial charge in [0.25, 0.3) is 0 Å². The first-order valence-electron chi connectivity index (χ1n) is 4.51. The molecule has 0 saturated heterocycles. The van der Waals surface area contributed by atoms with E-state index in [-0.39, 0.29) is 24.2 Å². The van der Waals surface area contributed by atoms with Gasteiger partial charge in [-0.05, 0) is 25.7 Å². The Morgan fingerprint density at radius 1 is 1.21 bits per heavy atom. The van der Waals surface area contributed by atoms with Crippen molar-refractivity contribution in [2.75, 3.05) is 0 Å². The molecule has 0 amide bonds. The molecule has 1 rings (SSSR count). The van der Waals surface area contributed by atoms with Crippen LogP contribution in [0.5, 0.6) is 0 Å². The van der Waals surface area contributed by atoms with Gasteiger partial charge < -0.3 is 16.3 Å². The lowest BCUT2D eigenvalue weighted by Crippen LogP contribution is -2.47. The van der Waals surface area contributed by atoms with Crippen LogP contribution >= 0.6 is 46.0 Å². The summed E-state index contributed by atoms with van der Waals surface area (Å²) in [7, 11) is 0. The molecule has 1 fully saturated rings. The molecular formula is C8H14I2O4. The Morgan fingerprint density at radius 3 is 1.93 bits per heavy atom. The van der Waals surface area contributed by atoms with Crippen molar-refractivity contribution in [3.8, 4) is 0 Å². The number of rotatable bonds is 3. The molecule has 6 heteroatoms. The number of halogens is 2. The summed E-state index contributed by atoms with van der Waals surface area (Å²) < 4.78 is 10.3. The zero-order chi connectivity index (χ0) is 10.7. The van der Waals surface area contributed by atoms with Crippen molar-refractivity contribution >= 4 is 46.0 Å². The van der Waals surface area contributed by atoms with Crippen molar-refractivity contribution < 1.29 is 16.3 Å². The van der Waals surface area contributed by atoms with Gasteiger partial charge in [0.1, 0.15) is 52.1 Å². The van der Waals surface area contributed by atoms with Gasteiger partial charge in [0.2, 0.25) is 0 Å². The Hall–Kier alpha value is 1.30. The lowest BCUT2D eigenvalue weighted by molar-refractivity contribution is -0.0724. The molecule has 2 N–H and O–H groups in total. The van der Waals surface area contributed by atoms with Crippen LogP contribution in [0, 0.1) is 5.92 Å². The Balaban J connectivity index is 2.63. The summed E-state index contributed by atoms with van der Waals surface area (Å²) in [5, 5.41) is 19.3. The largest absolute Gasteiger partial charge is 0.393 e. The van der Waals surface area contributed by atoms with Crippen LogP contribution in [0.2, 0.25) is 0 Å². The van der Waals surface area contributed by atoms with E-state index in [0.29, 0.717) is 12.8 Å². The van der Waals surface area contributed by atoms with E-state index in [1.807, 2.05) is 0 Å². The first-order valence-corrected chi connectivity index (χ1v) is 6.27. The first kappa shape index (κ1) is 13.4. The summed E-state index contributed by atoms with van der Waals surface area (Å²) in [6.45, 7) is 1.76. The van der Waals surface area contributed by atoms with Gasteiger partial charge >= 0.3 is 0 Å². The van der Waals surface area contributed by atoms with Gasteiger partial charge in [0.05, 0.1) is 18.3 Å². The van der Waals surface area contributed by atoms with Crippen LogP contribution in [0.4, 0.5) is 0 Å². The first-order chi connectivity index (χ1) is 6.60. The summed E-state index contributed by atoms with van der Waals surface area (Å²) in [6, 6.07) is 0. The average Bonchev–Trinajstić information content (AvgIpc) is 2.17. The molecule has 0 aliphatic heterocycles. The molecule has 84 valence electrons. The molecule has 0 aromatic heterocycles. The van der Waals surface area contributed by atoms with Crippen LogP contribution in [0.3, 0.4) is 0 Å². The van der Waals surface area contributed by atoms with Crippen LogP contribution < -0.4 is 0 Å². The summed E-state index contributed by atoms with van der Waals surface area (Å²) in [5.74, 6) is 0.137. The van der Waals surface area contributed by atoms with E-state index in [9.17, 15) is 10.2 Å². The maximum Gasteiger partial charge on any atom is 0.110 e. The number of aliphatic hydroxyl groups excluding tert-OH is 2. The molecule has 0 bridgehead atoms. The van der Waals surface area contributed by atoms with Gasteiger partial charge in [-0.25, -0.2) is 0 Å². The highest BCUT2D eigenvalue weighted by Crippen LogP contribution is 2.32. The van der Waals surface area contributed by atoms with Gasteiger partial charge in [0.15, 0.2) is 0 Å². The predicted molar refractivity (Wildman–Crippen MR) is 68.2 cm³/mol. The number of aliphatic hydroxyl groups is 2. The fourth-order valence-corrected chi connectivity index (χ4v) is 2.80. The van der Waals surface area contributed by atoms with E-state index in [2.05, 4.69) is 0 Å². The molecule has 4 nitrogen and oxygen atoms in total. The highest BCUT2D eigenvalue weighted by atomic mass is 127. The molecule has 5 atom stereocenters. The van der Waals surface area contributed by atoms with Gasteiger partial charge in [-0.2, -0.15) is 0 Å². The third-order valence-corrected chi connectivity index (χ3v) is 4.05. The molecule has 0 aromatic rings. The van der Waals surface area contributed by atoms with Crippen LogP contribution in [0.1, 0.15) is 19.8 Å². The Bertz CT molecular complexity index is 165. The highest BCUT2D eigenvalue weighted by Gasteiger charge is 2.39. The molecular weight excluding hydrogens is 414 g/mol. The number of hydrogen-bond donors (Lipinski definition) is 2. The molecule has 0 radical (unpaired) electrons. The minimum atomic E-state index is -0.598. The van der Waals surface area contributed by atoms with Crippen molar-refractivity contribution in [1.82, 2.24) is 0 Å². The maximum absolute atomic E-state index is 9.79. The van der Waals surface area contributed by atoms with Crippen molar-refractivity contribution in [3.63, 3.8) is 0 Å². The molecule has 14 heavy (non-hydrogen) atoms. The normalized spacial score (nSPS) is 40.9. The molecule has 1 aliphatic carbocycles. The van der Waals surface area contributed by atoms with E-state index in [1.165, 1.54) is 0 Å². The summed E-state index contributed by atoms with van der Waals surface area (Å²) >= 11 is 3.56. The second-order valence-corrected chi connectivity index (χ2v) is 4.73. The third-order valence-electron chi connectivity index (χ3n) is 2.74. The van der Waals surface area contributed by atoms with E-state index in [0.717, 1.165) is 0 Å². The molecule has 4 unspecified atom stereocenters. The van der Waals surface area contributed by atoms with Crippen molar-refractivity contribution in [3.05, 3.63) is 0 Å². The van der Waals surface area contributed by atoms with Gasteiger partial charge in [-0.15, -0.1) is 0 Å². The standard InChI is InChI=1S/C8H14I2O4/c1-4(11)5-2-6(13-9)8(12)7(3-5)14-10/h4-8,11-12H,2-3H2,1H3/t4?,5?,6-,7?,8?/m1/s1. The van der Waals surface area contributed by atoms with Crippen LogP contribution in [0.25, 0.3) is 0 Å². The van der Waals surface area contributed by atoms with Crippen molar-refractivity contribution in [2.24, 2.45) is 5.92 Å². The number of hydrogen-bond acceptors (Lipinski definition) is 4. The lowest BCUT2D eigenvalue weighted by atomic mass is 9.81. The minimum absolute atomic E-state index is 0.137. The fourth-order valence-electron chi connectivity index (χ4n) is 1.78. The van der Waals surface area contributed by atoms with E-state index < -0.39 is 6.10 Å². The maximum atomic E-state index is 9.79. The van der Waals surface area contributed by atoms with E-state index in [4.69, 9.17) is 6.13 Å². The topological polar surface area (TPSA) is 58.9 Å². The van der Waals surface area contributed by atoms with Crippen molar-refractivity contribution in [2.45, 2.75) is 44.2 Å². The predicted octanol–water partition coefficient (Wildman–Crippen LogP) is 1.61. The molecule has 0 spiro atoms. The zero-order valence-corrected chi connectivity index (χ0v) is 12.1. The molecule has 1 aliphatic rings. The van der Waals surface area contributed by atoms with E-state index in [1.54, 1.807) is 52.9 Å². The zero-order valence-electron chi connectivity index (χ0n) is 7.77. The smallest absolute Gasteiger partial charge is 0.110 e. The SMILES string of the molecule is CC(O)C1CC(OI)C(O)[C@H](OI)C1. The van der Waals surface area contributed by atoms with Gasteiger partial charge in [-0.1, -0.05) is 0 Å². The Morgan fingerprint density at radius 2 is 1.64 bits per heavy atom. The molecule has 0 aromatic carbocycles. The quantitative estimate of drug-likeness (QED) is 0.672. The van der Waals surface area contributed by atoms with Crippen LogP contribution in [-0.2, 0) is 6.13 Å². The second kappa shape index (κ2) is 6.14. The summed E-state index contributed by atoms with van der Waals surface area (Å²) in [4.78, 5) is 0. The Labute approximate surface area is 112 Å². The Kier molecular flexibility index (Phi) is 5.86. The molecule has 1 saturated carbocycles. The average molecular weight is 428 g/mol. The highest BCUT2D eigenvalue weighted by molar-refractivity contribution is 14.1. The summed E-state index contributed by atoms with van der Waals surface area (Å²) in [5.41, 5.74) is 0.